The lowest BCUT2D eigenvalue weighted by molar-refractivity contribution is -0.121. The number of carboxylic acids is 1. The minimum Gasteiger partial charge on any atom is -0.475 e. The molecule has 1 atom stereocenters. The van der Waals surface area contributed by atoms with Crippen molar-refractivity contribution >= 4 is 11.9 Å². The molecule has 1 aromatic rings. The van der Waals surface area contributed by atoms with Gasteiger partial charge in [0.15, 0.2) is 0 Å². The maximum absolute atomic E-state index is 11.5. The molecule has 1 heterocycles. The van der Waals surface area contributed by atoms with E-state index in [1.54, 1.807) is 0 Å². The van der Waals surface area contributed by atoms with Crippen LogP contribution in [-0.4, -0.2) is 23.5 Å². The van der Waals surface area contributed by atoms with Crippen molar-refractivity contribution in [3.05, 3.63) is 23.7 Å². The van der Waals surface area contributed by atoms with Gasteiger partial charge in [-0.3, -0.25) is 4.79 Å². The number of hydrogen-bond donors (Lipinski definition) is 3. The molecule has 0 spiro atoms. The molecule has 0 aliphatic rings. The van der Waals surface area contributed by atoms with E-state index in [1.807, 2.05) is 6.92 Å². The Kier molecular flexibility index (Phi) is 5.38. The van der Waals surface area contributed by atoms with Crippen molar-refractivity contribution in [2.45, 2.75) is 26.3 Å². The standard InChI is InChI=1S/C12H18N2O4/c1-8(6-13)2-5-11(15)14-7-9-3-4-10(18-9)12(16)17/h3-4,8H,2,5-7,13H2,1H3,(H,14,15)(H,16,17). The van der Waals surface area contributed by atoms with Gasteiger partial charge in [0.1, 0.15) is 5.76 Å². The van der Waals surface area contributed by atoms with E-state index in [9.17, 15) is 9.59 Å². The fraction of sp³-hybridized carbons (Fsp3) is 0.500. The van der Waals surface area contributed by atoms with Crippen molar-refractivity contribution < 1.29 is 19.1 Å². The zero-order valence-corrected chi connectivity index (χ0v) is 10.3. The fourth-order valence-corrected chi connectivity index (χ4v) is 1.36. The van der Waals surface area contributed by atoms with Gasteiger partial charge < -0.3 is 20.6 Å². The number of hydrogen-bond acceptors (Lipinski definition) is 4. The summed E-state index contributed by atoms with van der Waals surface area (Å²) in [5.41, 5.74) is 5.45. The molecule has 0 fully saturated rings. The van der Waals surface area contributed by atoms with Gasteiger partial charge in [-0.15, -0.1) is 0 Å². The molecule has 0 saturated heterocycles. The number of amides is 1. The molecule has 6 nitrogen and oxygen atoms in total. The van der Waals surface area contributed by atoms with Crippen molar-refractivity contribution in [3.63, 3.8) is 0 Å². The highest BCUT2D eigenvalue weighted by Crippen LogP contribution is 2.08. The molecule has 0 aliphatic heterocycles. The molecule has 0 aliphatic carbocycles. The van der Waals surface area contributed by atoms with Crippen molar-refractivity contribution in [1.29, 1.82) is 0 Å². The number of carboxylic acid groups (broad SMARTS) is 1. The lowest BCUT2D eigenvalue weighted by Crippen LogP contribution is -2.23. The van der Waals surface area contributed by atoms with Crippen LogP contribution < -0.4 is 11.1 Å². The molecule has 100 valence electrons. The number of rotatable bonds is 7. The molecule has 18 heavy (non-hydrogen) atoms. The minimum absolute atomic E-state index is 0.0939. The van der Waals surface area contributed by atoms with E-state index in [1.165, 1.54) is 12.1 Å². The Bertz CT molecular complexity index is 414. The van der Waals surface area contributed by atoms with Gasteiger partial charge in [0.2, 0.25) is 11.7 Å². The minimum atomic E-state index is -1.12. The van der Waals surface area contributed by atoms with Crippen LogP contribution in [-0.2, 0) is 11.3 Å². The quantitative estimate of drug-likeness (QED) is 0.672. The number of furan rings is 1. The molecule has 1 rings (SSSR count). The Morgan fingerprint density at radius 3 is 2.78 bits per heavy atom. The normalized spacial score (nSPS) is 12.1. The van der Waals surface area contributed by atoms with Gasteiger partial charge in [-0.05, 0) is 31.0 Å². The van der Waals surface area contributed by atoms with Crippen LogP contribution in [0.2, 0.25) is 0 Å². The summed E-state index contributed by atoms with van der Waals surface area (Å²) in [5, 5.41) is 11.3. The van der Waals surface area contributed by atoms with Crippen LogP contribution in [0.3, 0.4) is 0 Å². The summed E-state index contributed by atoms with van der Waals surface area (Å²) >= 11 is 0. The summed E-state index contributed by atoms with van der Waals surface area (Å²) < 4.78 is 5.01. The summed E-state index contributed by atoms with van der Waals surface area (Å²) in [7, 11) is 0. The predicted octanol–water partition coefficient (Wildman–Crippen LogP) is 0.969. The topological polar surface area (TPSA) is 106 Å². The van der Waals surface area contributed by atoms with E-state index in [-0.39, 0.29) is 18.2 Å². The van der Waals surface area contributed by atoms with E-state index in [0.29, 0.717) is 24.6 Å². The summed E-state index contributed by atoms with van der Waals surface area (Å²) in [6.45, 7) is 2.75. The number of aromatic carboxylic acids is 1. The van der Waals surface area contributed by atoms with E-state index in [4.69, 9.17) is 15.3 Å². The van der Waals surface area contributed by atoms with Crippen LogP contribution >= 0.6 is 0 Å². The van der Waals surface area contributed by atoms with Crippen molar-refractivity contribution in [1.82, 2.24) is 5.32 Å². The predicted molar refractivity (Wildman–Crippen MR) is 65.0 cm³/mol. The maximum Gasteiger partial charge on any atom is 0.371 e. The van der Waals surface area contributed by atoms with Gasteiger partial charge in [-0.1, -0.05) is 6.92 Å². The fourth-order valence-electron chi connectivity index (χ4n) is 1.36. The highest BCUT2D eigenvalue weighted by atomic mass is 16.4. The van der Waals surface area contributed by atoms with E-state index >= 15 is 0 Å². The zero-order chi connectivity index (χ0) is 13.5. The maximum atomic E-state index is 11.5. The summed E-state index contributed by atoms with van der Waals surface area (Å²) in [5.74, 6) is -0.602. The molecular formula is C12H18N2O4. The van der Waals surface area contributed by atoms with Crippen LogP contribution in [0.4, 0.5) is 0 Å². The highest BCUT2D eigenvalue weighted by molar-refractivity contribution is 5.84. The van der Waals surface area contributed by atoms with E-state index < -0.39 is 5.97 Å². The summed E-state index contributed by atoms with van der Waals surface area (Å²) in [6.07, 6.45) is 1.14. The third kappa shape index (κ3) is 4.58. The smallest absolute Gasteiger partial charge is 0.371 e. The highest BCUT2D eigenvalue weighted by Gasteiger charge is 2.10. The molecule has 4 N–H and O–H groups in total. The molecule has 6 heteroatoms. The Morgan fingerprint density at radius 1 is 1.50 bits per heavy atom. The monoisotopic (exact) mass is 254 g/mol. The summed E-state index contributed by atoms with van der Waals surface area (Å²) in [4.78, 5) is 22.0. The van der Waals surface area contributed by atoms with Crippen LogP contribution in [0, 0.1) is 5.92 Å². The Morgan fingerprint density at radius 2 is 2.22 bits per heavy atom. The third-order valence-electron chi connectivity index (χ3n) is 2.60. The molecule has 0 aromatic carbocycles. The zero-order valence-electron chi connectivity index (χ0n) is 10.3. The average molecular weight is 254 g/mol. The van der Waals surface area contributed by atoms with Gasteiger partial charge in [0.25, 0.3) is 0 Å². The Balaban J connectivity index is 2.31. The lowest BCUT2D eigenvalue weighted by Gasteiger charge is -2.07. The second-order valence-corrected chi connectivity index (χ2v) is 4.23. The van der Waals surface area contributed by atoms with Crippen LogP contribution in [0.15, 0.2) is 16.5 Å². The first-order chi connectivity index (χ1) is 8.52. The van der Waals surface area contributed by atoms with Gasteiger partial charge in [0, 0.05) is 6.42 Å². The molecule has 0 bridgehead atoms. The molecular weight excluding hydrogens is 236 g/mol. The first kappa shape index (κ1) is 14.2. The lowest BCUT2D eigenvalue weighted by atomic mass is 10.1. The van der Waals surface area contributed by atoms with E-state index in [0.717, 1.165) is 6.42 Å². The third-order valence-corrected chi connectivity index (χ3v) is 2.60. The number of carbonyl (C=O) groups excluding carboxylic acids is 1. The Labute approximate surface area is 105 Å². The second kappa shape index (κ2) is 6.80. The summed E-state index contributed by atoms with van der Waals surface area (Å²) in [6, 6.07) is 2.90. The van der Waals surface area contributed by atoms with Crippen LogP contribution in [0.1, 0.15) is 36.1 Å². The number of nitrogens with one attached hydrogen (secondary N) is 1. The largest absolute Gasteiger partial charge is 0.475 e. The molecule has 1 unspecified atom stereocenters. The van der Waals surface area contributed by atoms with E-state index in [2.05, 4.69) is 5.32 Å². The number of nitrogens with two attached hydrogens (primary N) is 1. The van der Waals surface area contributed by atoms with Crippen LogP contribution in [0.25, 0.3) is 0 Å². The molecule has 0 radical (unpaired) electrons. The van der Waals surface area contributed by atoms with Crippen molar-refractivity contribution in [3.8, 4) is 0 Å². The molecule has 1 amide bonds. The van der Waals surface area contributed by atoms with Gasteiger partial charge >= 0.3 is 5.97 Å². The first-order valence-corrected chi connectivity index (χ1v) is 5.81. The van der Waals surface area contributed by atoms with Gasteiger partial charge in [-0.25, -0.2) is 4.79 Å². The van der Waals surface area contributed by atoms with Crippen molar-refractivity contribution in [2.75, 3.05) is 6.54 Å². The molecule has 1 aromatic heterocycles. The average Bonchev–Trinajstić information content (AvgIpc) is 2.82. The first-order valence-electron chi connectivity index (χ1n) is 5.81. The van der Waals surface area contributed by atoms with Crippen molar-refractivity contribution in [2.24, 2.45) is 11.7 Å². The SMILES string of the molecule is CC(CN)CCC(=O)NCc1ccc(C(=O)O)o1. The van der Waals surface area contributed by atoms with Gasteiger partial charge in [0.05, 0.1) is 6.54 Å². The number of carbonyl (C=O) groups is 2. The van der Waals surface area contributed by atoms with Gasteiger partial charge in [-0.2, -0.15) is 0 Å². The Hall–Kier alpha value is -1.82. The van der Waals surface area contributed by atoms with Crippen LogP contribution in [0.5, 0.6) is 0 Å². The molecule has 0 saturated carbocycles. The second-order valence-electron chi connectivity index (χ2n) is 4.23.